The van der Waals surface area contributed by atoms with Gasteiger partial charge in [-0.1, -0.05) is 13.3 Å². The minimum absolute atomic E-state index is 0.215. The molecule has 1 unspecified atom stereocenters. The average Bonchev–Trinajstić information content (AvgIpc) is 2.19. The van der Waals surface area contributed by atoms with Gasteiger partial charge in [-0.15, -0.1) is 0 Å². The highest BCUT2D eigenvalue weighted by atomic mass is 16.5. The van der Waals surface area contributed by atoms with Gasteiger partial charge in [0.25, 0.3) is 0 Å². The van der Waals surface area contributed by atoms with Gasteiger partial charge >= 0.3 is 11.9 Å². The molecule has 92 valence electrons. The topological polar surface area (TPSA) is 52.6 Å². The summed E-state index contributed by atoms with van der Waals surface area (Å²) in [5, 5.41) is 0. The zero-order valence-electron chi connectivity index (χ0n) is 10.2. The lowest BCUT2D eigenvalue weighted by molar-refractivity contribution is -0.144. The molecule has 16 heavy (non-hydrogen) atoms. The van der Waals surface area contributed by atoms with Crippen LogP contribution < -0.4 is 0 Å². The van der Waals surface area contributed by atoms with Crippen molar-refractivity contribution >= 4 is 11.9 Å². The summed E-state index contributed by atoms with van der Waals surface area (Å²) >= 11 is 0. The number of rotatable bonds is 7. The Kier molecular flexibility index (Phi) is 8.21. The van der Waals surface area contributed by atoms with Crippen molar-refractivity contribution in [3.05, 3.63) is 12.2 Å². The molecule has 0 spiro atoms. The lowest BCUT2D eigenvalue weighted by atomic mass is 10.1. The smallest absolute Gasteiger partial charge is 0.303 e. The number of carbonyl (C=O) groups is 2. The fourth-order valence-corrected chi connectivity index (χ4v) is 1.19. The largest absolute Gasteiger partial charge is 0.462 e. The van der Waals surface area contributed by atoms with E-state index in [-0.39, 0.29) is 24.6 Å². The molecule has 0 aliphatic rings. The number of unbranched alkanes of at least 4 members (excludes halogenated alkanes) is 1. The van der Waals surface area contributed by atoms with E-state index in [1.54, 1.807) is 12.2 Å². The van der Waals surface area contributed by atoms with Crippen LogP contribution in [-0.2, 0) is 19.1 Å². The quantitative estimate of drug-likeness (QED) is 0.495. The molecule has 0 N–H and O–H groups in total. The van der Waals surface area contributed by atoms with Crippen LogP contribution in [0.25, 0.3) is 0 Å². The molecule has 0 radical (unpaired) electrons. The minimum atomic E-state index is -0.317. The van der Waals surface area contributed by atoms with Gasteiger partial charge in [0.1, 0.15) is 12.7 Å². The Labute approximate surface area is 96.6 Å². The van der Waals surface area contributed by atoms with Crippen LogP contribution in [0.5, 0.6) is 0 Å². The van der Waals surface area contributed by atoms with E-state index in [2.05, 4.69) is 6.92 Å². The van der Waals surface area contributed by atoms with Crippen LogP contribution in [-0.4, -0.2) is 24.6 Å². The highest BCUT2D eigenvalue weighted by Crippen LogP contribution is 2.06. The predicted octanol–water partition coefficient (Wildman–Crippen LogP) is 2.23. The van der Waals surface area contributed by atoms with Crippen molar-refractivity contribution in [2.24, 2.45) is 0 Å². The standard InChI is InChI=1S/C12H20O4/c1-4-5-7-12(16-11(3)14)8-6-9-15-10(2)13/h6,8,12H,4-5,7,9H2,1-3H3/b8-6+. The highest BCUT2D eigenvalue weighted by Gasteiger charge is 2.06. The first kappa shape index (κ1) is 14.7. The molecule has 1 atom stereocenters. The van der Waals surface area contributed by atoms with E-state index >= 15 is 0 Å². The van der Waals surface area contributed by atoms with Crippen LogP contribution in [0.2, 0.25) is 0 Å². The molecule has 0 amide bonds. The zero-order chi connectivity index (χ0) is 12.4. The van der Waals surface area contributed by atoms with Crippen LogP contribution in [0.3, 0.4) is 0 Å². The molecule has 0 aliphatic carbocycles. The second kappa shape index (κ2) is 8.95. The summed E-state index contributed by atoms with van der Waals surface area (Å²) in [4.78, 5) is 21.3. The maximum Gasteiger partial charge on any atom is 0.303 e. The number of esters is 2. The van der Waals surface area contributed by atoms with Crippen molar-refractivity contribution in [3.8, 4) is 0 Å². The molecule has 0 bridgehead atoms. The van der Waals surface area contributed by atoms with E-state index < -0.39 is 0 Å². The van der Waals surface area contributed by atoms with Crippen LogP contribution in [0.1, 0.15) is 40.0 Å². The SMILES string of the molecule is CCCCC(/C=C/COC(C)=O)OC(C)=O. The Morgan fingerprint density at radius 3 is 2.44 bits per heavy atom. The number of hydrogen-bond donors (Lipinski definition) is 0. The lowest BCUT2D eigenvalue weighted by Gasteiger charge is -2.12. The Bertz CT molecular complexity index is 245. The molecule has 0 aromatic heterocycles. The summed E-state index contributed by atoms with van der Waals surface area (Å²) in [6.45, 7) is 5.04. The van der Waals surface area contributed by atoms with Crippen LogP contribution >= 0.6 is 0 Å². The van der Waals surface area contributed by atoms with Gasteiger partial charge in [0.2, 0.25) is 0 Å². The van der Waals surface area contributed by atoms with E-state index in [0.29, 0.717) is 0 Å². The van der Waals surface area contributed by atoms with Crippen LogP contribution in [0, 0.1) is 0 Å². The summed E-state index contributed by atoms with van der Waals surface area (Å²) in [6, 6.07) is 0. The maximum absolute atomic E-state index is 10.8. The van der Waals surface area contributed by atoms with Gasteiger partial charge in [-0.3, -0.25) is 9.59 Å². The van der Waals surface area contributed by atoms with Crippen LogP contribution in [0.15, 0.2) is 12.2 Å². The van der Waals surface area contributed by atoms with Gasteiger partial charge in [-0.2, -0.15) is 0 Å². The summed E-state index contributed by atoms with van der Waals surface area (Å²) in [5.74, 6) is -0.611. The van der Waals surface area contributed by atoms with E-state index in [4.69, 9.17) is 9.47 Å². The van der Waals surface area contributed by atoms with Crippen molar-refractivity contribution in [2.45, 2.75) is 46.1 Å². The summed E-state index contributed by atoms with van der Waals surface area (Å²) < 4.78 is 9.83. The average molecular weight is 228 g/mol. The maximum atomic E-state index is 10.8. The van der Waals surface area contributed by atoms with Crippen molar-refractivity contribution in [1.82, 2.24) is 0 Å². The van der Waals surface area contributed by atoms with Gasteiger partial charge in [-0.25, -0.2) is 0 Å². The van der Waals surface area contributed by atoms with E-state index in [1.807, 2.05) is 0 Å². The molecule has 0 fully saturated rings. The molecule has 0 aromatic carbocycles. The van der Waals surface area contributed by atoms with Gasteiger partial charge < -0.3 is 9.47 Å². The van der Waals surface area contributed by atoms with Crippen molar-refractivity contribution in [2.75, 3.05) is 6.61 Å². The second-order valence-electron chi connectivity index (χ2n) is 3.52. The van der Waals surface area contributed by atoms with Crippen molar-refractivity contribution < 1.29 is 19.1 Å². The zero-order valence-corrected chi connectivity index (χ0v) is 10.2. The van der Waals surface area contributed by atoms with E-state index in [0.717, 1.165) is 19.3 Å². The van der Waals surface area contributed by atoms with Gasteiger partial charge in [0, 0.05) is 13.8 Å². The van der Waals surface area contributed by atoms with Gasteiger partial charge in [0.05, 0.1) is 0 Å². The molecule has 4 nitrogen and oxygen atoms in total. The molecule has 4 heteroatoms. The highest BCUT2D eigenvalue weighted by molar-refractivity contribution is 5.66. The molecular formula is C12H20O4. The van der Waals surface area contributed by atoms with E-state index in [1.165, 1.54) is 13.8 Å². The molecule has 0 aliphatic heterocycles. The monoisotopic (exact) mass is 228 g/mol. The second-order valence-corrected chi connectivity index (χ2v) is 3.52. The Morgan fingerprint density at radius 2 is 1.94 bits per heavy atom. The van der Waals surface area contributed by atoms with Gasteiger partial charge in [0.15, 0.2) is 0 Å². The molecule has 0 heterocycles. The van der Waals surface area contributed by atoms with Crippen molar-refractivity contribution in [1.29, 1.82) is 0 Å². The normalized spacial score (nSPS) is 12.4. The molecule has 0 aromatic rings. The first-order valence-corrected chi connectivity index (χ1v) is 5.53. The fraction of sp³-hybridized carbons (Fsp3) is 0.667. The third kappa shape index (κ3) is 9.24. The summed E-state index contributed by atoms with van der Waals surface area (Å²) in [6.07, 6.45) is 6.09. The van der Waals surface area contributed by atoms with Crippen molar-refractivity contribution in [3.63, 3.8) is 0 Å². The van der Waals surface area contributed by atoms with Gasteiger partial charge in [-0.05, 0) is 25.0 Å². The number of carbonyl (C=O) groups excluding carboxylic acids is 2. The number of ether oxygens (including phenoxy) is 2. The predicted molar refractivity (Wildman–Crippen MR) is 60.9 cm³/mol. The Morgan fingerprint density at radius 1 is 1.25 bits per heavy atom. The molecule has 0 saturated heterocycles. The minimum Gasteiger partial charge on any atom is -0.462 e. The summed E-state index contributed by atoms with van der Waals surface area (Å²) in [7, 11) is 0. The number of hydrogen-bond acceptors (Lipinski definition) is 4. The third-order valence-corrected chi connectivity index (χ3v) is 1.89. The fourth-order valence-electron chi connectivity index (χ4n) is 1.19. The first-order chi connectivity index (χ1) is 7.56. The lowest BCUT2D eigenvalue weighted by Crippen LogP contribution is -2.13. The molecule has 0 rings (SSSR count). The Hall–Kier alpha value is -1.32. The molecular weight excluding hydrogens is 208 g/mol. The first-order valence-electron chi connectivity index (χ1n) is 5.53. The Balaban J connectivity index is 3.97. The third-order valence-electron chi connectivity index (χ3n) is 1.89. The molecule has 0 saturated carbocycles. The van der Waals surface area contributed by atoms with Crippen LogP contribution in [0.4, 0.5) is 0 Å². The summed E-state index contributed by atoms with van der Waals surface area (Å²) in [5.41, 5.74) is 0. The van der Waals surface area contributed by atoms with E-state index in [9.17, 15) is 9.59 Å².